The number of carbonyl (C=O) groups excluding carboxylic acids is 1. The molecule has 1 rings (SSSR count). The summed E-state index contributed by atoms with van der Waals surface area (Å²) in [6.07, 6.45) is 3.05. The van der Waals surface area contributed by atoms with E-state index in [2.05, 4.69) is 6.92 Å². The van der Waals surface area contributed by atoms with Crippen molar-refractivity contribution in [2.75, 3.05) is 0 Å². The summed E-state index contributed by atoms with van der Waals surface area (Å²) in [6, 6.07) is 0. The minimum Gasteiger partial charge on any atom is -0.479 e. The van der Waals surface area contributed by atoms with Crippen molar-refractivity contribution in [1.82, 2.24) is 0 Å². The summed E-state index contributed by atoms with van der Waals surface area (Å²) in [7, 11) is 0. The number of hydrogen-bond donors (Lipinski definition) is 1. The van der Waals surface area contributed by atoms with Crippen molar-refractivity contribution in [2.24, 2.45) is 5.92 Å². The lowest BCUT2D eigenvalue weighted by molar-refractivity contribution is -0.173. The molecule has 2 atom stereocenters. The zero-order valence-corrected chi connectivity index (χ0v) is 8.36. The molecular weight excluding hydrogens is 184 g/mol. The lowest BCUT2D eigenvalue weighted by atomic mass is 9.93. The van der Waals surface area contributed by atoms with Crippen LogP contribution in [0.5, 0.6) is 0 Å². The summed E-state index contributed by atoms with van der Waals surface area (Å²) in [5.41, 5.74) is 0. The van der Waals surface area contributed by atoms with Gasteiger partial charge in [0.2, 0.25) is 0 Å². The highest BCUT2D eigenvalue weighted by Gasteiger charge is 2.33. The third kappa shape index (κ3) is 2.72. The molecule has 1 fully saturated rings. The summed E-state index contributed by atoms with van der Waals surface area (Å²) in [6.45, 7) is 2.06. The molecular formula is C10H16O4. The molecule has 14 heavy (non-hydrogen) atoms. The van der Waals surface area contributed by atoms with Gasteiger partial charge in [0, 0.05) is 0 Å². The van der Waals surface area contributed by atoms with Gasteiger partial charge in [0.05, 0.1) is 5.92 Å². The van der Waals surface area contributed by atoms with Gasteiger partial charge in [-0.15, -0.1) is 0 Å². The molecule has 1 saturated heterocycles. The SMILES string of the molecule is CCCC[C@H]1CCC(C(=O)O)OC1=O. The van der Waals surface area contributed by atoms with Crippen LogP contribution in [0.25, 0.3) is 0 Å². The molecule has 0 aliphatic carbocycles. The minimum absolute atomic E-state index is 0.0782. The summed E-state index contributed by atoms with van der Waals surface area (Å²) in [5.74, 6) is -1.45. The number of carbonyl (C=O) groups is 2. The molecule has 4 nitrogen and oxygen atoms in total. The second-order valence-corrected chi connectivity index (χ2v) is 3.68. The second-order valence-electron chi connectivity index (χ2n) is 3.68. The maximum Gasteiger partial charge on any atom is 0.345 e. The van der Waals surface area contributed by atoms with Gasteiger partial charge in [-0.25, -0.2) is 4.79 Å². The fourth-order valence-electron chi connectivity index (χ4n) is 1.65. The zero-order chi connectivity index (χ0) is 10.6. The Morgan fingerprint density at radius 2 is 2.29 bits per heavy atom. The molecule has 0 amide bonds. The Morgan fingerprint density at radius 3 is 2.79 bits per heavy atom. The Balaban J connectivity index is 2.40. The highest BCUT2D eigenvalue weighted by Crippen LogP contribution is 2.24. The molecule has 1 aliphatic rings. The van der Waals surface area contributed by atoms with E-state index in [-0.39, 0.29) is 11.9 Å². The van der Waals surface area contributed by atoms with Gasteiger partial charge >= 0.3 is 11.9 Å². The number of ether oxygens (including phenoxy) is 1. The van der Waals surface area contributed by atoms with Gasteiger partial charge in [-0.2, -0.15) is 0 Å². The summed E-state index contributed by atoms with van der Waals surface area (Å²) in [5, 5.41) is 8.64. The first-order valence-corrected chi connectivity index (χ1v) is 5.08. The number of esters is 1. The molecule has 0 aromatic carbocycles. The molecule has 0 aromatic heterocycles. The van der Waals surface area contributed by atoms with E-state index in [4.69, 9.17) is 9.84 Å². The summed E-state index contributed by atoms with van der Waals surface area (Å²) >= 11 is 0. The lowest BCUT2D eigenvalue weighted by Gasteiger charge is -2.25. The Bertz CT molecular complexity index is 224. The molecule has 1 unspecified atom stereocenters. The minimum atomic E-state index is -1.03. The number of hydrogen-bond acceptors (Lipinski definition) is 3. The van der Waals surface area contributed by atoms with Gasteiger partial charge in [0.15, 0.2) is 6.10 Å². The number of aliphatic carboxylic acids is 1. The van der Waals surface area contributed by atoms with Crippen LogP contribution in [0, 0.1) is 5.92 Å². The van der Waals surface area contributed by atoms with E-state index in [1.54, 1.807) is 0 Å². The maximum absolute atomic E-state index is 11.3. The predicted octanol–water partition coefficient (Wildman–Crippen LogP) is 1.58. The van der Waals surface area contributed by atoms with Crippen LogP contribution in [-0.2, 0) is 14.3 Å². The number of carboxylic acid groups (broad SMARTS) is 1. The van der Waals surface area contributed by atoms with Crippen LogP contribution in [0.15, 0.2) is 0 Å². The van der Waals surface area contributed by atoms with Crippen LogP contribution in [0.4, 0.5) is 0 Å². The standard InChI is InChI=1S/C10H16O4/c1-2-3-4-7-5-6-8(9(11)12)14-10(7)13/h7-8H,2-6H2,1H3,(H,11,12)/t7-,8?/m0/s1. The van der Waals surface area contributed by atoms with E-state index in [1.807, 2.05) is 0 Å². The van der Waals surface area contributed by atoms with Gasteiger partial charge in [0.25, 0.3) is 0 Å². The van der Waals surface area contributed by atoms with Gasteiger partial charge < -0.3 is 9.84 Å². The molecule has 0 saturated carbocycles. The van der Waals surface area contributed by atoms with Crippen LogP contribution < -0.4 is 0 Å². The van der Waals surface area contributed by atoms with Crippen molar-refractivity contribution in [3.63, 3.8) is 0 Å². The van der Waals surface area contributed by atoms with E-state index in [0.717, 1.165) is 19.3 Å². The van der Waals surface area contributed by atoms with Crippen molar-refractivity contribution in [3.8, 4) is 0 Å². The Hall–Kier alpha value is -1.06. The fraction of sp³-hybridized carbons (Fsp3) is 0.800. The smallest absolute Gasteiger partial charge is 0.345 e. The number of carboxylic acids is 1. The van der Waals surface area contributed by atoms with Crippen LogP contribution in [-0.4, -0.2) is 23.1 Å². The molecule has 0 aromatic rings. The third-order valence-electron chi connectivity index (χ3n) is 2.55. The van der Waals surface area contributed by atoms with Crippen molar-refractivity contribution in [3.05, 3.63) is 0 Å². The summed E-state index contributed by atoms with van der Waals surface area (Å²) in [4.78, 5) is 21.9. The Morgan fingerprint density at radius 1 is 1.57 bits per heavy atom. The van der Waals surface area contributed by atoms with Gasteiger partial charge in [-0.05, 0) is 19.3 Å². The maximum atomic E-state index is 11.3. The average Bonchev–Trinajstić information content (AvgIpc) is 2.15. The Kier molecular flexibility index (Phi) is 3.92. The van der Waals surface area contributed by atoms with Crippen LogP contribution >= 0.6 is 0 Å². The van der Waals surface area contributed by atoms with Crippen molar-refractivity contribution >= 4 is 11.9 Å². The molecule has 1 heterocycles. The number of rotatable bonds is 4. The summed E-state index contributed by atoms with van der Waals surface area (Å²) < 4.78 is 4.82. The molecule has 0 spiro atoms. The van der Waals surface area contributed by atoms with Crippen LogP contribution in [0.3, 0.4) is 0 Å². The largest absolute Gasteiger partial charge is 0.479 e. The van der Waals surface area contributed by atoms with E-state index in [9.17, 15) is 9.59 Å². The fourth-order valence-corrected chi connectivity index (χ4v) is 1.65. The predicted molar refractivity (Wildman–Crippen MR) is 49.8 cm³/mol. The highest BCUT2D eigenvalue weighted by molar-refractivity contribution is 5.80. The van der Waals surface area contributed by atoms with E-state index in [1.165, 1.54) is 0 Å². The van der Waals surface area contributed by atoms with Crippen molar-refractivity contribution in [1.29, 1.82) is 0 Å². The van der Waals surface area contributed by atoms with Gasteiger partial charge in [-0.1, -0.05) is 19.8 Å². The normalized spacial score (nSPS) is 27.1. The first kappa shape index (κ1) is 11.0. The third-order valence-corrected chi connectivity index (χ3v) is 2.55. The number of cyclic esters (lactones) is 1. The van der Waals surface area contributed by atoms with Gasteiger partial charge in [0.1, 0.15) is 0 Å². The highest BCUT2D eigenvalue weighted by atomic mass is 16.6. The molecule has 0 radical (unpaired) electrons. The quantitative estimate of drug-likeness (QED) is 0.700. The zero-order valence-electron chi connectivity index (χ0n) is 8.36. The number of unbranched alkanes of at least 4 members (excludes halogenated alkanes) is 1. The first-order chi connectivity index (χ1) is 6.65. The molecule has 1 aliphatic heterocycles. The lowest BCUT2D eigenvalue weighted by Crippen LogP contribution is -2.35. The molecule has 4 heteroatoms. The van der Waals surface area contributed by atoms with Gasteiger partial charge in [-0.3, -0.25) is 4.79 Å². The van der Waals surface area contributed by atoms with Crippen LogP contribution in [0.2, 0.25) is 0 Å². The average molecular weight is 200 g/mol. The molecule has 1 N–H and O–H groups in total. The van der Waals surface area contributed by atoms with E-state index in [0.29, 0.717) is 12.8 Å². The van der Waals surface area contributed by atoms with E-state index < -0.39 is 12.1 Å². The molecule has 80 valence electrons. The Labute approximate surface area is 83.2 Å². The topological polar surface area (TPSA) is 63.6 Å². The monoisotopic (exact) mass is 200 g/mol. The van der Waals surface area contributed by atoms with Crippen LogP contribution in [0.1, 0.15) is 39.0 Å². The molecule has 0 bridgehead atoms. The second kappa shape index (κ2) is 4.98. The van der Waals surface area contributed by atoms with Crippen molar-refractivity contribution < 1.29 is 19.4 Å². The first-order valence-electron chi connectivity index (χ1n) is 5.08. The van der Waals surface area contributed by atoms with E-state index >= 15 is 0 Å². The van der Waals surface area contributed by atoms with Crippen molar-refractivity contribution in [2.45, 2.75) is 45.1 Å².